The van der Waals surface area contributed by atoms with Crippen molar-refractivity contribution in [3.05, 3.63) is 35.0 Å². The molecule has 0 amide bonds. The average molecular weight is 264 g/mol. The fourth-order valence-corrected chi connectivity index (χ4v) is 2.26. The highest BCUT2D eigenvalue weighted by molar-refractivity contribution is 6.30. The SMILES string of the molecule is CCCOc1cccc2cc(C(C)C)c(Cl)nc12. The van der Waals surface area contributed by atoms with E-state index in [4.69, 9.17) is 16.3 Å². The molecule has 0 saturated carbocycles. The number of fused-ring (bicyclic) bond motifs is 1. The van der Waals surface area contributed by atoms with Gasteiger partial charge in [-0.3, -0.25) is 0 Å². The van der Waals surface area contributed by atoms with Crippen LogP contribution in [0.4, 0.5) is 0 Å². The van der Waals surface area contributed by atoms with Gasteiger partial charge in [0.15, 0.2) is 0 Å². The van der Waals surface area contributed by atoms with Gasteiger partial charge in [0.1, 0.15) is 16.4 Å². The largest absolute Gasteiger partial charge is 0.491 e. The van der Waals surface area contributed by atoms with Crippen LogP contribution in [0.3, 0.4) is 0 Å². The molecule has 0 aliphatic rings. The molecule has 18 heavy (non-hydrogen) atoms. The van der Waals surface area contributed by atoms with E-state index in [1.807, 2.05) is 18.2 Å². The van der Waals surface area contributed by atoms with Crippen LogP contribution < -0.4 is 4.74 Å². The first kappa shape index (κ1) is 13.2. The normalized spacial score (nSPS) is 11.2. The molecule has 1 heterocycles. The Morgan fingerprint density at radius 1 is 1.33 bits per heavy atom. The number of para-hydroxylation sites is 1. The van der Waals surface area contributed by atoms with Crippen molar-refractivity contribution < 1.29 is 4.74 Å². The molecule has 1 aromatic carbocycles. The predicted octanol–water partition coefficient (Wildman–Crippen LogP) is 4.80. The quantitative estimate of drug-likeness (QED) is 0.739. The van der Waals surface area contributed by atoms with Crippen LogP contribution in [0.1, 0.15) is 38.7 Å². The Kier molecular flexibility index (Phi) is 4.07. The molecule has 2 nitrogen and oxygen atoms in total. The minimum absolute atomic E-state index is 0.370. The molecule has 0 atom stereocenters. The van der Waals surface area contributed by atoms with E-state index in [0.29, 0.717) is 17.7 Å². The van der Waals surface area contributed by atoms with Crippen LogP contribution in [0.15, 0.2) is 24.3 Å². The van der Waals surface area contributed by atoms with Gasteiger partial charge in [-0.15, -0.1) is 0 Å². The van der Waals surface area contributed by atoms with Gasteiger partial charge in [0.05, 0.1) is 6.61 Å². The van der Waals surface area contributed by atoms with E-state index in [-0.39, 0.29) is 0 Å². The number of rotatable bonds is 4. The summed E-state index contributed by atoms with van der Waals surface area (Å²) in [5.74, 6) is 1.18. The number of nitrogens with zero attached hydrogens (tertiary/aromatic N) is 1. The summed E-state index contributed by atoms with van der Waals surface area (Å²) in [6.45, 7) is 7.02. The Labute approximate surface area is 113 Å². The third-order valence-corrected chi connectivity index (χ3v) is 3.18. The second-order valence-electron chi connectivity index (χ2n) is 4.70. The van der Waals surface area contributed by atoms with E-state index in [2.05, 4.69) is 31.8 Å². The zero-order valence-electron chi connectivity index (χ0n) is 11.0. The maximum atomic E-state index is 6.24. The van der Waals surface area contributed by atoms with Gasteiger partial charge in [-0.2, -0.15) is 0 Å². The number of ether oxygens (including phenoxy) is 1. The lowest BCUT2D eigenvalue weighted by Gasteiger charge is -2.12. The number of hydrogen-bond acceptors (Lipinski definition) is 2. The van der Waals surface area contributed by atoms with Gasteiger partial charge in [0.25, 0.3) is 0 Å². The van der Waals surface area contributed by atoms with E-state index in [9.17, 15) is 0 Å². The topological polar surface area (TPSA) is 22.1 Å². The van der Waals surface area contributed by atoms with E-state index in [0.717, 1.165) is 28.6 Å². The molecule has 0 aliphatic carbocycles. The first-order chi connectivity index (χ1) is 8.63. The highest BCUT2D eigenvalue weighted by Gasteiger charge is 2.11. The van der Waals surface area contributed by atoms with Crippen molar-refractivity contribution in [3.8, 4) is 5.75 Å². The lowest BCUT2D eigenvalue weighted by molar-refractivity contribution is 0.320. The summed E-state index contributed by atoms with van der Waals surface area (Å²) in [6, 6.07) is 8.08. The summed E-state index contributed by atoms with van der Waals surface area (Å²) in [5, 5.41) is 1.65. The minimum atomic E-state index is 0.370. The van der Waals surface area contributed by atoms with Gasteiger partial charge in [0.2, 0.25) is 0 Å². The minimum Gasteiger partial charge on any atom is -0.491 e. The summed E-state index contributed by atoms with van der Waals surface area (Å²) >= 11 is 6.24. The molecule has 0 N–H and O–H groups in total. The molecule has 0 fully saturated rings. The van der Waals surface area contributed by atoms with Crippen LogP contribution in [0.25, 0.3) is 10.9 Å². The van der Waals surface area contributed by atoms with Gasteiger partial charge < -0.3 is 4.74 Å². The highest BCUT2D eigenvalue weighted by atomic mass is 35.5. The maximum Gasteiger partial charge on any atom is 0.145 e. The fraction of sp³-hybridized carbons (Fsp3) is 0.400. The lowest BCUT2D eigenvalue weighted by Crippen LogP contribution is -1.98. The second-order valence-corrected chi connectivity index (χ2v) is 5.06. The van der Waals surface area contributed by atoms with Gasteiger partial charge >= 0.3 is 0 Å². The summed E-state index contributed by atoms with van der Waals surface area (Å²) in [7, 11) is 0. The Balaban J connectivity index is 2.53. The fourth-order valence-electron chi connectivity index (χ4n) is 1.90. The Bertz CT molecular complexity index is 551. The first-order valence-corrected chi connectivity index (χ1v) is 6.73. The number of benzene rings is 1. The third kappa shape index (κ3) is 2.59. The van der Waals surface area contributed by atoms with Gasteiger partial charge in [-0.1, -0.05) is 44.5 Å². The van der Waals surface area contributed by atoms with E-state index in [1.54, 1.807) is 0 Å². The highest BCUT2D eigenvalue weighted by Crippen LogP contribution is 2.30. The summed E-state index contributed by atoms with van der Waals surface area (Å²) in [4.78, 5) is 4.49. The zero-order valence-corrected chi connectivity index (χ0v) is 11.8. The number of hydrogen-bond donors (Lipinski definition) is 0. The van der Waals surface area contributed by atoms with Crippen LogP contribution >= 0.6 is 11.6 Å². The lowest BCUT2D eigenvalue weighted by atomic mass is 10.0. The molecular formula is C15H18ClNO. The Morgan fingerprint density at radius 2 is 2.11 bits per heavy atom. The van der Waals surface area contributed by atoms with Crippen LogP contribution in [0, 0.1) is 0 Å². The number of aromatic nitrogens is 1. The molecule has 0 bridgehead atoms. The number of halogens is 1. The van der Waals surface area contributed by atoms with Crippen LogP contribution in [0.5, 0.6) is 5.75 Å². The van der Waals surface area contributed by atoms with E-state index in [1.165, 1.54) is 0 Å². The summed E-state index contributed by atoms with van der Waals surface area (Å²) < 4.78 is 5.70. The van der Waals surface area contributed by atoms with Crippen LogP contribution in [0.2, 0.25) is 5.15 Å². The zero-order chi connectivity index (χ0) is 13.1. The summed E-state index contributed by atoms with van der Waals surface area (Å²) in [5.41, 5.74) is 1.93. The van der Waals surface area contributed by atoms with Crippen LogP contribution in [-0.4, -0.2) is 11.6 Å². The standard InChI is InChI=1S/C15H18ClNO/c1-4-8-18-13-7-5-6-11-9-12(10(2)3)15(16)17-14(11)13/h5-7,9-10H,4,8H2,1-3H3. The van der Waals surface area contributed by atoms with Crippen molar-refractivity contribution in [1.29, 1.82) is 0 Å². The summed E-state index contributed by atoms with van der Waals surface area (Å²) in [6.07, 6.45) is 0.980. The van der Waals surface area contributed by atoms with Crippen molar-refractivity contribution in [2.75, 3.05) is 6.61 Å². The monoisotopic (exact) mass is 263 g/mol. The van der Waals surface area contributed by atoms with Gasteiger partial charge in [-0.05, 0) is 30.0 Å². The molecule has 0 saturated heterocycles. The first-order valence-electron chi connectivity index (χ1n) is 6.35. The molecule has 2 rings (SSSR count). The Hall–Kier alpha value is -1.28. The van der Waals surface area contributed by atoms with E-state index < -0.39 is 0 Å². The van der Waals surface area contributed by atoms with Crippen molar-refractivity contribution in [3.63, 3.8) is 0 Å². The van der Waals surface area contributed by atoms with Crippen molar-refractivity contribution in [2.45, 2.75) is 33.1 Å². The average Bonchev–Trinajstić information content (AvgIpc) is 2.35. The van der Waals surface area contributed by atoms with E-state index >= 15 is 0 Å². The smallest absolute Gasteiger partial charge is 0.145 e. The van der Waals surface area contributed by atoms with Crippen molar-refractivity contribution in [2.24, 2.45) is 0 Å². The molecule has 0 unspecified atom stereocenters. The van der Waals surface area contributed by atoms with Crippen LogP contribution in [-0.2, 0) is 0 Å². The Morgan fingerprint density at radius 3 is 2.78 bits per heavy atom. The van der Waals surface area contributed by atoms with Crippen molar-refractivity contribution in [1.82, 2.24) is 4.98 Å². The molecule has 3 heteroatoms. The van der Waals surface area contributed by atoms with Gasteiger partial charge in [-0.25, -0.2) is 4.98 Å². The molecular weight excluding hydrogens is 246 g/mol. The predicted molar refractivity (Wildman–Crippen MR) is 76.6 cm³/mol. The molecule has 0 radical (unpaired) electrons. The molecule has 1 aromatic heterocycles. The second kappa shape index (κ2) is 5.57. The third-order valence-electron chi connectivity index (χ3n) is 2.87. The molecule has 2 aromatic rings. The molecule has 0 aliphatic heterocycles. The number of pyridine rings is 1. The van der Waals surface area contributed by atoms with Crippen molar-refractivity contribution >= 4 is 22.5 Å². The molecule has 0 spiro atoms. The van der Waals surface area contributed by atoms with Gasteiger partial charge in [0, 0.05) is 5.39 Å². The molecule has 96 valence electrons. The maximum absolute atomic E-state index is 6.24.